The number of rotatable bonds is 4. The molecule has 0 radical (unpaired) electrons. The average molecular weight is 469 g/mol. The standard InChI is InChI=1S/C21H17BrN4O4/c1-26-19-18(9-13(22)11-24-19)29-12-17(21(26)28)25-20(27)16-10-15(7-8-23-16)30-14-5-3-2-4-6-14/h2-11,17H,12H2,1H3,(H,25,27)/t17-/m0/s1. The van der Waals surface area contributed by atoms with Crippen molar-refractivity contribution >= 4 is 33.6 Å². The van der Waals surface area contributed by atoms with E-state index in [1.165, 1.54) is 17.2 Å². The lowest BCUT2D eigenvalue weighted by atomic mass is 10.2. The summed E-state index contributed by atoms with van der Waals surface area (Å²) >= 11 is 3.33. The third kappa shape index (κ3) is 4.25. The van der Waals surface area contributed by atoms with Crippen molar-refractivity contribution in [2.75, 3.05) is 18.6 Å². The third-order valence-electron chi connectivity index (χ3n) is 4.40. The zero-order chi connectivity index (χ0) is 21.1. The Balaban J connectivity index is 1.49. The molecule has 0 aliphatic carbocycles. The minimum atomic E-state index is -0.893. The molecule has 0 unspecified atom stereocenters. The second-order valence-corrected chi connectivity index (χ2v) is 7.42. The van der Waals surface area contributed by atoms with Crippen LogP contribution < -0.4 is 19.7 Å². The second-order valence-electron chi connectivity index (χ2n) is 6.50. The molecule has 152 valence electrons. The van der Waals surface area contributed by atoms with Crippen molar-refractivity contribution in [3.63, 3.8) is 0 Å². The maximum absolute atomic E-state index is 12.8. The molecule has 0 saturated heterocycles. The molecular weight excluding hydrogens is 452 g/mol. The van der Waals surface area contributed by atoms with Gasteiger partial charge in [0.1, 0.15) is 29.8 Å². The van der Waals surface area contributed by atoms with E-state index in [0.29, 0.717) is 23.1 Å². The average Bonchev–Trinajstić information content (AvgIpc) is 2.86. The van der Waals surface area contributed by atoms with Gasteiger partial charge in [-0.15, -0.1) is 0 Å². The fourth-order valence-corrected chi connectivity index (χ4v) is 3.22. The third-order valence-corrected chi connectivity index (χ3v) is 4.83. The molecule has 30 heavy (non-hydrogen) atoms. The molecule has 9 heteroatoms. The predicted molar refractivity (Wildman–Crippen MR) is 113 cm³/mol. The van der Waals surface area contributed by atoms with Gasteiger partial charge in [-0.05, 0) is 40.2 Å². The maximum Gasteiger partial charge on any atom is 0.270 e. The molecular formula is C21H17BrN4O4. The van der Waals surface area contributed by atoms with E-state index in [9.17, 15) is 9.59 Å². The Kier molecular flexibility index (Phi) is 5.62. The van der Waals surface area contributed by atoms with Gasteiger partial charge < -0.3 is 14.8 Å². The maximum atomic E-state index is 12.8. The predicted octanol–water partition coefficient (Wildman–Crippen LogP) is 3.19. The first-order valence-electron chi connectivity index (χ1n) is 9.07. The number of para-hydroxylation sites is 1. The van der Waals surface area contributed by atoms with Crippen molar-refractivity contribution in [1.82, 2.24) is 15.3 Å². The van der Waals surface area contributed by atoms with E-state index in [0.717, 1.165) is 4.47 Å². The highest BCUT2D eigenvalue weighted by Gasteiger charge is 2.32. The van der Waals surface area contributed by atoms with Crippen molar-refractivity contribution in [3.8, 4) is 17.2 Å². The zero-order valence-corrected chi connectivity index (χ0v) is 17.5. The van der Waals surface area contributed by atoms with Crippen LogP contribution in [0.2, 0.25) is 0 Å². The van der Waals surface area contributed by atoms with Crippen molar-refractivity contribution in [2.45, 2.75) is 6.04 Å². The quantitative estimate of drug-likeness (QED) is 0.631. The van der Waals surface area contributed by atoms with E-state index in [1.54, 1.807) is 25.4 Å². The van der Waals surface area contributed by atoms with Gasteiger partial charge in [0.15, 0.2) is 11.6 Å². The Morgan fingerprint density at radius 2 is 2.00 bits per heavy atom. The Hall–Kier alpha value is -3.46. The fourth-order valence-electron chi connectivity index (χ4n) is 2.91. The fraction of sp³-hybridized carbons (Fsp3) is 0.143. The van der Waals surface area contributed by atoms with Crippen LogP contribution >= 0.6 is 15.9 Å². The highest BCUT2D eigenvalue weighted by atomic mass is 79.9. The molecule has 1 aromatic carbocycles. The van der Waals surface area contributed by atoms with E-state index >= 15 is 0 Å². The number of nitrogens with zero attached hydrogens (tertiary/aromatic N) is 3. The summed E-state index contributed by atoms with van der Waals surface area (Å²) in [4.78, 5) is 35.2. The molecule has 3 aromatic rings. The smallest absolute Gasteiger partial charge is 0.270 e. The number of hydrogen-bond acceptors (Lipinski definition) is 6. The number of likely N-dealkylation sites (N-methyl/N-ethyl adjacent to an activating group) is 1. The number of anilines is 1. The molecule has 0 fully saturated rings. The normalized spacial score (nSPS) is 15.6. The lowest BCUT2D eigenvalue weighted by Crippen LogP contribution is -2.49. The molecule has 3 heterocycles. The van der Waals surface area contributed by atoms with E-state index in [1.807, 2.05) is 30.3 Å². The second kappa shape index (κ2) is 8.50. The van der Waals surface area contributed by atoms with Gasteiger partial charge >= 0.3 is 0 Å². The molecule has 1 aliphatic rings. The van der Waals surface area contributed by atoms with E-state index in [-0.39, 0.29) is 18.2 Å². The Bertz CT molecular complexity index is 1090. The number of benzene rings is 1. The number of nitrogens with one attached hydrogen (secondary N) is 1. The number of fused-ring (bicyclic) bond motifs is 1. The van der Waals surface area contributed by atoms with Crippen LogP contribution in [0.5, 0.6) is 17.2 Å². The lowest BCUT2D eigenvalue weighted by molar-refractivity contribution is -0.120. The molecule has 1 aliphatic heterocycles. The summed E-state index contributed by atoms with van der Waals surface area (Å²) in [6.07, 6.45) is 3.05. The molecule has 2 aromatic heterocycles. The van der Waals surface area contributed by atoms with Gasteiger partial charge in [0.05, 0.1) is 0 Å². The van der Waals surface area contributed by atoms with Crippen LogP contribution in [0.25, 0.3) is 0 Å². The Labute approximate surface area is 181 Å². The molecule has 1 atom stereocenters. The summed E-state index contributed by atoms with van der Waals surface area (Å²) < 4.78 is 12.2. The van der Waals surface area contributed by atoms with Crippen molar-refractivity contribution in [3.05, 3.63) is 71.1 Å². The first kappa shape index (κ1) is 19.8. The Morgan fingerprint density at radius 1 is 1.20 bits per heavy atom. The minimum Gasteiger partial charge on any atom is -0.487 e. The highest BCUT2D eigenvalue weighted by molar-refractivity contribution is 9.10. The van der Waals surface area contributed by atoms with Gasteiger partial charge in [-0.2, -0.15) is 0 Å². The molecule has 0 saturated carbocycles. The first-order chi connectivity index (χ1) is 14.5. The van der Waals surface area contributed by atoms with Gasteiger partial charge in [-0.3, -0.25) is 19.5 Å². The number of ether oxygens (including phenoxy) is 2. The number of hydrogen-bond donors (Lipinski definition) is 1. The van der Waals surface area contributed by atoms with E-state index in [4.69, 9.17) is 9.47 Å². The lowest BCUT2D eigenvalue weighted by Gasteiger charge is -2.19. The van der Waals surface area contributed by atoms with Crippen LogP contribution in [-0.4, -0.2) is 41.5 Å². The number of pyridine rings is 2. The first-order valence-corrected chi connectivity index (χ1v) is 9.86. The summed E-state index contributed by atoms with van der Waals surface area (Å²) in [5.41, 5.74) is 0.126. The van der Waals surface area contributed by atoms with Crippen molar-refractivity contribution in [1.29, 1.82) is 0 Å². The van der Waals surface area contributed by atoms with Crippen LogP contribution in [-0.2, 0) is 4.79 Å². The zero-order valence-electron chi connectivity index (χ0n) is 15.9. The van der Waals surface area contributed by atoms with Crippen molar-refractivity contribution < 1.29 is 19.1 Å². The van der Waals surface area contributed by atoms with Crippen LogP contribution in [0, 0.1) is 0 Å². The highest BCUT2D eigenvalue weighted by Crippen LogP contribution is 2.30. The molecule has 0 spiro atoms. The Morgan fingerprint density at radius 3 is 2.80 bits per heavy atom. The summed E-state index contributed by atoms with van der Waals surface area (Å²) in [6.45, 7) is -0.0275. The molecule has 1 N–H and O–H groups in total. The van der Waals surface area contributed by atoms with Gasteiger partial charge in [-0.1, -0.05) is 18.2 Å². The topological polar surface area (TPSA) is 93.7 Å². The monoisotopic (exact) mass is 468 g/mol. The van der Waals surface area contributed by atoms with Crippen molar-refractivity contribution in [2.24, 2.45) is 0 Å². The van der Waals surface area contributed by atoms with Crippen LogP contribution in [0.1, 0.15) is 10.5 Å². The number of amides is 2. The number of halogens is 1. The summed E-state index contributed by atoms with van der Waals surface area (Å²) in [5.74, 6) is 1.09. The number of aromatic nitrogens is 2. The van der Waals surface area contributed by atoms with Gasteiger partial charge in [0.2, 0.25) is 0 Å². The summed E-state index contributed by atoms with van der Waals surface area (Å²) in [6, 6.07) is 13.2. The largest absolute Gasteiger partial charge is 0.487 e. The minimum absolute atomic E-state index is 0.0275. The number of carbonyl (C=O) groups excluding carboxylic acids is 2. The molecule has 8 nitrogen and oxygen atoms in total. The summed E-state index contributed by atoms with van der Waals surface area (Å²) in [5, 5.41) is 2.68. The van der Waals surface area contributed by atoms with Crippen LogP contribution in [0.3, 0.4) is 0 Å². The molecule has 4 rings (SSSR count). The SMILES string of the molecule is CN1C(=O)[C@@H](NC(=O)c2cc(Oc3ccccc3)ccn2)COc2cc(Br)cnc21. The van der Waals surface area contributed by atoms with Gasteiger partial charge in [-0.25, -0.2) is 4.98 Å². The van der Waals surface area contributed by atoms with E-state index in [2.05, 4.69) is 31.2 Å². The van der Waals surface area contributed by atoms with Crippen LogP contribution in [0.15, 0.2) is 65.4 Å². The van der Waals surface area contributed by atoms with Gasteiger partial charge in [0, 0.05) is 30.0 Å². The van der Waals surface area contributed by atoms with E-state index < -0.39 is 11.9 Å². The molecule has 2 amide bonds. The number of carbonyl (C=O) groups is 2. The van der Waals surface area contributed by atoms with Crippen LogP contribution in [0.4, 0.5) is 5.82 Å². The summed E-state index contributed by atoms with van der Waals surface area (Å²) in [7, 11) is 1.59. The molecule has 0 bridgehead atoms. The van der Waals surface area contributed by atoms with Gasteiger partial charge in [0.25, 0.3) is 11.8 Å².